The molecular formula is C35H37F5S. The number of alkyl halides is 5. The molecule has 4 aliphatic carbocycles. The molecule has 0 amide bonds. The smallest absolute Gasteiger partial charge is 0.196 e. The number of hydrogen-bond donors (Lipinski definition) is 0. The van der Waals surface area contributed by atoms with Crippen molar-refractivity contribution in [1.29, 1.82) is 0 Å². The van der Waals surface area contributed by atoms with Crippen molar-refractivity contribution in [2.24, 2.45) is 22.7 Å². The minimum atomic E-state index is -5.58. The lowest BCUT2D eigenvalue weighted by Gasteiger charge is -2.57. The van der Waals surface area contributed by atoms with E-state index in [0.29, 0.717) is 12.8 Å². The van der Waals surface area contributed by atoms with Gasteiger partial charge in [0.15, 0.2) is 0 Å². The highest BCUT2D eigenvalue weighted by Gasteiger charge is 2.77. The second-order valence-corrected chi connectivity index (χ2v) is 13.9. The second-order valence-electron chi connectivity index (χ2n) is 13.0. The van der Waals surface area contributed by atoms with Crippen LogP contribution >= 0.6 is 11.8 Å². The zero-order chi connectivity index (χ0) is 29.4. The van der Waals surface area contributed by atoms with Gasteiger partial charge in [-0.2, -0.15) is 22.0 Å². The van der Waals surface area contributed by atoms with Gasteiger partial charge in [-0.25, -0.2) is 0 Å². The molecule has 41 heavy (non-hydrogen) atoms. The summed E-state index contributed by atoms with van der Waals surface area (Å²) in [6, 6.07) is 16.6. The van der Waals surface area contributed by atoms with E-state index >= 15 is 8.78 Å². The van der Waals surface area contributed by atoms with Crippen molar-refractivity contribution in [3.8, 4) is 11.1 Å². The summed E-state index contributed by atoms with van der Waals surface area (Å²) in [5, 5.41) is 0. The number of allylic oxidation sites excluding steroid dienone is 5. The quantitative estimate of drug-likeness (QED) is 0.254. The fourth-order valence-corrected chi connectivity index (χ4v) is 9.22. The Morgan fingerprint density at radius 1 is 0.854 bits per heavy atom. The summed E-state index contributed by atoms with van der Waals surface area (Å²) < 4.78 is 72.7. The fraction of sp³-hybridized carbons (Fsp3) is 0.486. The number of halogens is 5. The molecule has 2 fully saturated rings. The summed E-state index contributed by atoms with van der Waals surface area (Å²) in [5.74, 6) is -5.13. The summed E-state index contributed by atoms with van der Waals surface area (Å²) in [4.78, 5) is 1.18. The minimum absolute atomic E-state index is 0.0156. The highest BCUT2D eigenvalue weighted by Crippen LogP contribution is 2.74. The summed E-state index contributed by atoms with van der Waals surface area (Å²) in [5.41, 5.74) is 4.85. The molecule has 0 radical (unpaired) electrons. The molecule has 4 unspecified atom stereocenters. The van der Waals surface area contributed by atoms with Gasteiger partial charge >= 0.3 is 12.1 Å². The molecule has 0 aliphatic heterocycles. The van der Waals surface area contributed by atoms with E-state index in [4.69, 9.17) is 0 Å². The van der Waals surface area contributed by atoms with E-state index in [1.54, 1.807) is 18.7 Å². The molecule has 6 heteroatoms. The molecule has 0 nitrogen and oxygen atoms in total. The summed E-state index contributed by atoms with van der Waals surface area (Å²) in [6.45, 7) is 7.14. The SMILES string of the molecule is C=C1C=C2CCC3C(=C2CC1)C(c1ccc(-c2ccc(SC)cc2)cc1)CC1(C)C3CC[C@@]1(C)C(F)(F)C(F)(F)F. The van der Waals surface area contributed by atoms with Crippen LogP contribution in [0.3, 0.4) is 0 Å². The van der Waals surface area contributed by atoms with Crippen LogP contribution in [0.25, 0.3) is 11.1 Å². The Morgan fingerprint density at radius 2 is 1.49 bits per heavy atom. The van der Waals surface area contributed by atoms with Gasteiger partial charge in [0.05, 0.1) is 0 Å². The largest absolute Gasteiger partial charge is 0.453 e. The van der Waals surface area contributed by atoms with E-state index in [-0.39, 0.29) is 24.2 Å². The molecule has 0 saturated heterocycles. The maximum atomic E-state index is 15.4. The van der Waals surface area contributed by atoms with Crippen molar-refractivity contribution < 1.29 is 22.0 Å². The average Bonchev–Trinajstić information content (AvgIpc) is 3.23. The van der Waals surface area contributed by atoms with Crippen LogP contribution in [-0.4, -0.2) is 18.4 Å². The van der Waals surface area contributed by atoms with Gasteiger partial charge in [0.2, 0.25) is 0 Å². The normalized spacial score (nSPS) is 31.9. The zero-order valence-electron chi connectivity index (χ0n) is 23.9. The lowest BCUT2D eigenvalue weighted by Crippen LogP contribution is -2.59. The Morgan fingerprint density at radius 3 is 2.10 bits per heavy atom. The van der Waals surface area contributed by atoms with Crippen LogP contribution in [0.2, 0.25) is 0 Å². The van der Waals surface area contributed by atoms with Crippen LogP contribution in [0.15, 0.2) is 88.4 Å². The number of hydrogen-bond acceptors (Lipinski definition) is 1. The van der Waals surface area contributed by atoms with Crippen molar-refractivity contribution in [1.82, 2.24) is 0 Å². The van der Waals surface area contributed by atoms with Gasteiger partial charge in [0.1, 0.15) is 0 Å². The molecule has 4 aliphatic rings. The van der Waals surface area contributed by atoms with Crippen LogP contribution < -0.4 is 0 Å². The third-order valence-corrected chi connectivity index (χ3v) is 12.0. The molecular weight excluding hydrogens is 547 g/mol. The fourth-order valence-electron chi connectivity index (χ4n) is 8.81. The van der Waals surface area contributed by atoms with Gasteiger partial charge in [-0.1, -0.05) is 74.0 Å². The van der Waals surface area contributed by atoms with E-state index < -0.39 is 22.9 Å². The maximum absolute atomic E-state index is 15.4. The molecule has 0 bridgehead atoms. The minimum Gasteiger partial charge on any atom is -0.196 e. The van der Waals surface area contributed by atoms with Gasteiger partial charge in [0, 0.05) is 16.2 Å². The molecule has 5 atom stereocenters. The van der Waals surface area contributed by atoms with Gasteiger partial charge < -0.3 is 0 Å². The van der Waals surface area contributed by atoms with Crippen LogP contribution in [0.1, 0.15) is 70.3 Å². The molecule has 0 spiro atoms. The van der Waals surface area contributed by atoms with Crippen LogP contribution in [-0.2, 0) is 0 Å². The third-order valence-electron chi connectivity index (χ3n) is 11.2. The van der Waals surface area contributed by atoms with Crippen molar-refractivity contribution in [2.75, 3.05) is 6.26 Å². The van der Waals surface area contributed by atoms with Gasteiger partial charge in [-0.15, -0.1) is 11.8 Å². The van der Waals surface area contributed by atoms with Gasteiger partial charge in [-0.05, 0) is 108 Å². The van der Waals surface area contributed by atoms with Crippen LogP contribution in [0.4, 0.5) is 22.0 Å². The van der Waals surface area contributed by atoms with Gasteiger partial charge in [-0.3, -0.25) is 0 Å². The first kappa shape index (κ1) is 28.8. The first-order valence-electron chi connectivity index (χ1n) is 14.6. The Labute approximate surface area is 244 Å². The molecule has 218 valence electrons. The van der Waals surface area contributed by atoms with E-state index in [1.807, 2.05) is 6.26 Å². The first-order chi connectivity index (χ1) is 19.3. The van der Waals surface area contributed by atoms with E-state index in [1.165, 1.54) is 28.5 Å². The standard InChI is InChI=1S/C35H37F5S/c1-21-5-15-27-25(19-21)12-16-28-30-17-18-33(3,34(36,37)35(38,39)40)32(30,2)20-29(31(27)28)24-8-6-22(7-9-24)23-10-13-26(41-4)14-11-23/h6-11,13-14,19,28-30H,1,5,12,15-18,20H2,2-4H3/t28?,29?,30?,32?,33-/m1/s1. The predicted molar refractivity (Wildman–Crippen MR) is 157 cm³/mol. The van der Waals surface area contributed by atoms with E-state index in [2.05, 4.69) is 61.2 Å². The van der Waals surface area contributed by atoms with Crippen molar-refractivity contribution in [3.63, 3.8) is 0 Å². The van der Waals surface area contributed by atoms with E-state index in [9.17, 15) is 13.2 Å². The van der Waals surface area contributed by atoms with Crippen molar-refractivity contribution in [3.05, 3.63) is 89.0 Å². The van der Waals surface area contributed by atoms with Crippen LogP contribution in [0.5, 0.6) is 0 Å². The third kappa shape index (κ3) is 4.29. The molecule has 0 heterocycles. The first-order valence-corrected chi connectivity index (χ1v) is 15.8. The molecule has 0 N–H and O–H groups in total. The Kier molecular flexibility index (Phi) is 6.91. The highest BCUT2D eigenvalue weighted by molar-refractivity contribution is 7.98. The van der Waals surface area contributed by atoms with Crippen molar-refractivity contribution in [2.45, 2.75) is 81.7 Å². The molecule has 6 rings (SSSR count). The number of thioether (sulfide) groups is 1. The Bertz CT molecular complexity index is 1410. The lowest BCUT2D eigenvalue weighted by molar-refractivity contribution is -0.341. The highest BCUT2D eigenvalue weighted by atomic mass is 32.2. The molecule has 2 aromatic rings. The summed E-state index contributed by atoms with van der Waals surface area (Å²) >= 11 is 1.68. The Balaban J connectivity index is 1.47. The molecule has 0 aromatic heterocycles. The topological polar surface area (TPSA) is 0 Å². The summed E-state index contributed by atoms with van der Waals surface area (Å²) in [7, 11) is 0. The average molecular weight is 585 g/mol. The summed E-state index contributed by atoms with van der Waals surface area (Å²) in [6.07, 6.45) is 2.59. The zero-order valence-corrected chi connectivity index (χ0v) is 24.7. The molecule has 2 aromatic carbocycles. The Hall–Kier alpha value is -2.34. The maximum Gasteiger partial charge on any atom is 0.453 e. The van der Waals surface area contributed by atoms with Crippen molar-refractivity contribution >= 4 is 11.8 Å². The molecule has 2 saturated carbocycles. The number of fused-ring (bicyclic) bond motifs is 4. The predicted octanol–water partition coefficient (Wildman–Crippen LogP) is 11.2. The lowest BCUT2D eigenvalue weighted by atomic mass is 9.48. The second kappa shape index (κ2) is 9.86. The number of benzene rings is 2. The van der Waals surface area contributed by atoms with E-state index in [0.717, 1.165) is 47.9 Å². The van der Waals surface area contributed by atoms with Gasteiger partial charge in [0.25, 0.3) is 0 Å². The number of rotatable bonds is 4. The monoisotopic (exact) mass is 584 g/mol. The van der Waals surface area contributed by atoms with Crippen LogP contribution in [0, 0.1) is 22.7 Å².